The molecule has 0 heterocycles. The molecule has 0 radical (unpaired) electrons. The third kappa shape index (κ3) is 2.46. The number of hydrogen-bond acceptors (Lipinski definition) is 1. The highest BCUT2D eigenvalue weighted by molar-refractivity contribution is 5.25. The molecule has 2 heteroatoms. The number of hydrogen-bond donors (Lipinski definition) is 1. The van der Waals surface area contributed by atoms with Gasteiger partial charge in [-0.25, -0.2) is 4.39 Å². The summed E-state index contributed by atoms with van der Waals surface area (Å²) in [6, 6.07) is 0. The Balaban J connectivity index is 2.47. The highest BCUT2D eigenvalue weighted by Crippen LogP contribution is 2.22. The maximum Gasteiger partial charge on any atom is 0.103 e. The molecule has 0 fully saturated rings. The standard InChI is InChI=1S/C9H14FN/c10-9-6-2-1-4-8(9)5-3-7-11/h1,4H,2-3,5-7,11H2. The second-order valence-corrected chi connectivity index (χ2v) is 2.76. The molecular formula is C9H14FN. The molecular weight excluding hydrogens is 141 g/mol. The maximum absolute atomic E-state index is 13.0. The lowest BCUT2D eigenvalue weighted by Gasteiger charge is -2.08. The van der Waals surface area contributed by atoms with Gasteiger partial charge in [-0.2, -0.15) is 0 Å². The van der Waals surface area contributed by atoms with E-state index < -0.39 is 0 Å². The van der Waals surface area contributed by atoms with Crippen molar-refractivity contribution in [2.24, 2.45) is 5.73 Å². The molecule has 0 atom stereocenters. The molecule has 1 rings (SSSR count). The van der Waals surface area contributed by atoms with Gasteiger partial charge in [0.05, 0.1) is 0 Å². The third-order valence-corrected chi connectivity index (χ3v) is 1.85. The number of nitrogens with two attached hydrogens (primary N) is 1. The van der Waals surface area contributed by atoms with Crippen LogP contribution < -0.4 is 5.73 Å². The van der Waals surface area contributed by atoms with Crippen molar-refractivity contribution in [1.82, 2.24) is 0 Å². The summed E-state index contributed by atoms with van der Waals surface area (Å²) in [4.78, 5) is 0. The average Bonchev–Trinajstić information content (AvgIpc) is 2.03. The van der Waals surface area contributed by atoms with Crippen LogP contribution in [0.1, 0.15) is 25.7 Å². The Morgan fingerprint density at radius 3 is 3.00 bits per heavy atom. The lowest BCUT2D eigenvalue weighted by molar-refractivity contribution is 0.568. The van der Waals surface area contributed by atoms with Crippen LogP contribution >= 0.6 is 0 Å². The Kier molecular flexibility index (Phi) is 3.30. The Labute approximate surface area is 66.8 Å². The normalized spacial score (nSPS) is 17.6. The van der Waals surface area contributed by atoms with Crippen LogP contribution in [0.4, 0.5) is 4.39 Å². The van der Waals surface area contributed by atoms with Crippen LogP contribution in [-0.4, -0.2) is 6.54 Å². The minimum atomic E-state index is 0.0564. The smallest absolute Gasteiger partial charge is 0.103 e. The van der Waals surface area contributed by atoms with Crippen molar-refractivity contribution >= 4 is 0 Å². The fourth-order valence-electron chi connectivity index (χ4n) is 1.20. The zero-order chi connectivity index (χ0) is 8.10. The van der Waals surface area contributed by atoms with E-state index in [4.69, 9.17) is 5.73 Å². The molecule has 0 aromatic carbocycles. The zero-order valence-corrected chi connectivity index (χ0v) is 6.65. The fraction of sp³-hybridized carbons (Fsp3) is 0.556. The predicted octanol–water partition coefficient (Wildman–Crippen LogP) is 2.30. The predicted molar refractivity (Wildman–Crippen MR) is 44.8 cm³/mol. The molecule has 0 bridgehead atoms. The molecule has 62 valence electrons. The highest BCUT2D eigenvalue weighted by Gasteiger charge is 2.06. The molecule has 0 saturated carbocycles. The van der Waals surface area contributed by atoms with Gasteiger partial charge >= 0.3 is 0 Å². The summed E-state index contributed by atoms with van der Waals surface area (Å²) < 4.78 is 13.0. The molecule has 0 saturated heterocycles. The van der Waals surface area contributed by atoms with Crippen LogP contribution in [0.25, 0.3) is 0 Å². The van der Waals surface area contributed by atoms with Gasteiger partial charge < -0.3 is 5.73 Å². The van der Waals surface area contributed by atoms with Gasteiger partial charge in [0.2, 0.25) is 0 Å². The molecule has 0 unspecified atom stereocenters. The van der Waals surface area contributed by atoms with Gasteiger partial charge in [-0.15, -0.1) is 0 Å². The van der Waals surface area contributed by atoms with Gasteiger partial charge in [-0.1, -0.05) is 12.2 Å². The first kappa shape index (κ1) is 8.47. The van der Waals surface area contributed by atoms with Crippen molar-refractivity contribution in [3.63, 3.8) is 0 Å². The second kappa shape index (κ2) is 4.29. The summed E-state index contributed by atoms with van der Waals surface area (Å²) in [5.41, 5.74) is 6.17. The van der Waals surface area contributed by atoms with Crippen LogP contribution in [0.15, 0.2) is 23.6 Å². The maximum atomic E-state index is 13.0. The topological polar surface area (TPSA) is 26.0 Å². The van der Waals surface area contributed by atoms with E-state index in [1.54, 1.807) is 0 Å². The van der Waals surface area contributed by atoms with E-state index in [0.717, 1.165) is 24.8 Å². The Morgan fingerprint density at radius 1 is 1.55 bits per heavy atom. The SMILES string of the molecule is NCCCC1=C(F)CCC=C1. The molecule has 0 aromatic rings. The van der Waals surface area contributed by atoms with E-state index >= 15 is 0 Å². The summed E-state index contributed by atoms with van der Waals surface area (Å²) in [5.74, 6) is 0.0564. The number of halogens is 1. The van der Waals surface area contributed by atoms with Gasteiger partial charge in [0.25, 0.3) is 0 Å². The first-order valence-corrected chi connectivity index (χ1v) is 4.08. The minimum absolute atomic E-state index is 0.0564. The largest absolute Gasteiger partial charge is 0.330 e. The summed E-state index contributed by atoms with van der Waals surface area (Å²) in [6.45, 7) is 0.643. The van der Waals surface area contributed by atoms with Gasteiger partial charge in [-0.05, 0) is 31.4 Å². The number of allylic oxidation sites excluding steroid dienone is 4. The quantitative estimate of drug-likeness (QED) is 0.665. The van der Waals surface area contributed by atoms with Crippen molar-refractivity contribution in [3.8, 4) is 0 Å². The highest BCUT2D eigenvalue weighted by atomic mass is 19.1. The summed E-state index contributed by atoms with van der Waals surface area (Å²) in [6.07, 6.45) is 7.00. The minimum Gasteiger partial charge on any atom is -0.330 e. The molecule has 2 N–H and O–H groups in total. The summed E-state index contributed by atoms with van der Waals surface area (Å²) >= 11 is 0. The Hall–Kier alpha value is -0.630. The van der Waals surface area contributed by atoms with E-state index in [1.807, 2.05) is 12.2 Å². The van der Waals surface area contributed by atoms with Crippen molar-refractivity contribution in [1.29, 1.82) is 0 Å². The first-order valence-electron chi connectivity index (χ1n) is 4.08. The fourth-order valence-corrected chi connectivity index (χ4v) is 1.20. The second-order valence-electron chi connectivity index (χ2n) is 2.76. The van der Waals surface area contributed by atoms with Crippen LogP contribution in [0, 0.1) is 0 Å². The van der Waals surface area contributed by atoms with Crippen molar-refractivity contribution in [3.05, 3.63) is 23.6 Å². The van der Waals surface area contributed by atoms with Crippen molar-refractivity contribution < 1.29 is 4.39 Å². The number of rotatable bonds is 3. The van der Waals surface area contributed by atoms with Gasteiger partial charge in [0.1, 0.15) is 5.83 Å². The molecule has 1 aliphatic rings. The lowest BCUT2D eigenvalue weighted by Crippen LogP contribution is -2.00. The van der Waals surface area contributed by atoms with Crippen LogP contribution in [0.5, 0.6) is 0 Å². The van der Waals surface area contributed by atoms with Crippen LogP contribution in [-0.2, 0) is 0 Å². The van der Waals surface area contributed by atoms with Crippen LogP contribution in [0.2, 0.25) is 0 Å². The zero-order valence-electron chi connectivity index (χ0n) is 6.65. The van der Waals surface area contributed by atoms with E-state index in [1.165, 1.54) is 0 Å². The lowest BCUT2D eigenvalue weighted by atomic mass is 10.0. The first-order chi connectivity index (χ1) is 5.34. The molecule has 0 aromatic heterocycles. The van der Waals surface area contributed by atoms with E-state index in [-0.39, 0.29) is 5.83 Å². The molecule has 0 spiro atoms. The van der Waals surface area contributed by atoms with Gasteiger partial charge in [-0.3, -0.25) is 0 Å². The van der Waals surface area contributed by atoms with Crippen molar-refractivity contribution in [2.75, 3.05) is 6.54 Å². The Morgan fingerprint density at radius 2 is 2.36 bits per heavy atom. The summed E-state index contributed by atoms with van der Waals surface area (Å²) in [7, 11) is 0. The third-order valence-electron chi connectivity index (χ3n) is 1.85. The van der Waals surface area contributed by atoms with Crippen LogP contribution in [0.3, 0.4) is 0 Å². The van der Waals surface area contributed by atoms with Gasteiger partial charge in [0.15, 0.2) is 0 Å². The molecule has 1 aliphatic carbocycles. The summed E-state index contributed by atoms with van der Waals surface area (Å²) in [5, 5.41) is 0. The van der Waals surface area contributed by atoms with E-state index in [0.29, 0.717) is 13.0 Å². The average molecular weight is 155 g/mol. The monoisotopic (exact) mass is 155 g/mol. The van der Waals surface area contributed by atoms with Crippen molar-refractivity contribution in [2.45, 2.75) is 25.7 Å². The molecule has 0 amide bonds. The molecule has 0 aliphatic heterocycles. The Bertz CT molecular complexity index is 182. The van der Waals surface area contributed by atoms with Gasteiger partial charge in [0, 0.05) is 6.42 Å². The molecule has 1 nitrogen and oxygen atoms in total. The van der Waals surface area contributed by atoms with E-state index in [9.17, 15) is 4.39 Å². The molecule has 11 heavy (non-hydrogen) atoms. The van der Waals surface area contributed by atoms with E-state index in [2.05, 4.69) is 0 Å².